The zero-order chi connectivity index (χ0) is 13.0. The molecular weight excluding hydrogens is 224 g/mol. The van der Waals surface area contributed by atoms with Crippen LogP contribution in [0.15, 0.2) is 12.3 Å². The summed E-state index contributed by atoms with van der Waals surface area (Å²) in [6, 6.07) is 2.53. The van der Waals surface area contributed by atoms with Gasteiger partial charge in [0.15, 0.2) is 0 Å². The first-order valence-corrected chi connectivity index (χ1v) is 6.85. The first-order valence-electron chi connectivity index (χ1n) is 6.85. The molecule has 4 nitrogen and oxygen atoms in total. The molecule has 0 radical (unpaired) electrons. The fourth-order valence-electron chi connectivity index (χ4n) is 2.65. The number of likely N-dealkylation sites (tertiary alicyclic amines) is 1. The van der Waals surface area contributed by atoms with E-state index in [9.17, 15) is 0 Å². The van der Waals surface area contributed by atoms with Gasteiger partial charge in [-0.3, -0.25) is 0 Å². The highest BCUT2D eigenvalue weighted by Gasteiger charge is 2.22. The lowest BCUT2D eigenvalue weighted by Gasteiger charge is -2.33. The van der Waals surface area contributed by atoms with E-state index in [4.69, 9.17) is 0 Å². The van der Waals surface area contributed by atoms with Crippen molar-refractivity contribution in [3.05, 3.63) is 23.8 Å². The van der Waals surface area contributed by atoms with E-state index in [-0.39, 0.29) is 0 Å². The maximum absolute atomic E-state index is 4.42. The predicted octanol–water partition coefficient (Wildman–Crippen LogP) is 1.60. The van der Waals surface area contributed by atoms with Gasteiger partial charge in [-0.25, -0.2) is 9.97 Å². The fourth-order valence-corrected chi connectivity index (χ4v) is 2.65. The van der Waals surface area contributed by atoms with Gasteiger partial charge in [0.05, 0.1) is 5.69 Å². The van der Waals surface area contributed by atoms with E-state index in [2.05, 4.69) is 34.2 Å². The van der Waals surface area contributed by atoms with Gasteiger partial charge in [-0.05, 0) is 52.3 Å². The Morgan fingerprint density at radius 3 is 3.11 bits per heavy atom. The summed E-state index contributed by atoms with van der Waals surface area (Å²) in [5.74, 6) is 1.60. The first-order chi connectivity index (χ1) is 8.65. The van der Waals surface area contributed by atoms with Crippen LogP contribution in [-0.4, -0.2) is 41.0 Å². The highest BCUT2D eigenvalue weighted by atomic mass is 15.1. The summed E-state index contributed by atoms with van der Waals surface area (Å²) in [4.78, 5) is 11.0. The molecule has 1 N–H and O–H groups in total. The maximum Gasteiger partial charge on any atom is 0.125 e. The smallest absolute Gasteiger partial charge is 0.125 e. The highest BCUT2D eigenvalue weighted by molar-refractivity contribution is 5.01. The lowest BCUT2D eigenvalue weighted by Crippen LogP contribution is -2.42. The Bertz CT molecular complexity index is 380. The second-order valence-corrected chi connectivity index (χ2v) is 5.43. The van der Waals surface area contributed by atoms with E-state index < -0.39 is 0 Å². The van der Waals surface area contributed by atoms with E-state index in [1.807, 2.05) is 19.2 Å². The van der Waals surface area contributed by atoms with Crippen molar-refractivity contribution in [3.63, 3.8) is 0 Å². The van der Waals surface area contributed by atoms with Crippen LogP contribution in [0.25, 0.3) is 0 Å². The van der Waals surface area contributed by atoms with E-state index >= 15 is 0 Å². The Morgan fingerprint density at radius 1 is 1.56 bits per heavy atom. The number of aryl methyl sites for hydroxylation is 1. The van der Waals surface area contributed by atoms with Crippen LogP contribution in [0.4, 0.5) is 0 Å². The average Bonchev–Trinajstić information content (AvgIpc) is 2.36. The van der Waals surface area contributed by atoms with Crippen molar-refractivity contribution in [1.29, 1.82) is 0 Å². The van der Waals surface area contributed by atoms with Crippen LogP contribution in [0.5, 0.6) is 0 Å². The summed E-state index contributed by atoms with van der Waals surface area (Å²) < 4.78 is 0. The molecule has 0 amide bonds. The van der Waals surface area contributed by atoms with Crippen LogP contribution in [-0.2, 0) is 6.54 Å². The van der Waals surface area contributed by atoms with Gasteiger partial charge in [0.25, 0.3) is 0 Å². The summed E-state index contributed by atoms with van der Waals surface area (Å²) in [6.45, 7) is 7.51. The minimum Gasteiger partial charge on any atom is -0.308 e. The molecule has 1 aromatic heterocycles. The number of aromatic nitrogens is 2. The molecule has 0 bridgehead atoms. The van der Waals surface area contributed by atoms with Crippen LogP contribution in [0, 0.1) is 12.8 Å². The number of nitrogens with one attached hydrogen (secondary N) is 1. The van der Waals surface area contributed by atoms with Crippen molar-refractivity contribution >= 4 is 0 Å². The second-order valence-electron chi connectivity index (χ2n) is 5.43. The van der Waals surface area contributed by atoms with Gasteiger partial charge in [0.2, 0.25) is 0 Å². The average molecular weight is 248 g/mol. The van der Waals surface area contributed by atoms with Gasteiger partial charge < -0.3 is 10.2 Å². The van der Waals surface area contributed by atoms with E-state index in [0.717, 1.165) is 24.0 Å². The fraction of sp³-hybridized carbons (Fsp3) is 0.714. The predicted molar refractivity (Wildman–Crippen MR) is 73.3 cm³/mol. The molecule has 2 unspecified atom stereocenters. The zero-order valence-electron chi connectivity index (χ0n) is 11.7. The largest absolute Gasteiger partial charge is 0.308 e. The summed E-state index contributed by atoms with van der Waals surface area (Å²) >= 11 is 0. The Morgan fingerprint density at radius 2 is 2.39 bits per heavy atom. The number of piperidine rings is 1. The molecule has 1 saturated heterocycles. The topological polar surface area (TPSA) is 41.1 Å². The van der Waals surface area contributed by atoms with Crippen molar-refractivity contribution in [2.45, 2.75) is 39.3 Å². The first kappa shape index (κ1) is 13.4. The maximum atomic E-state index is 4.42. The number of hydrogen-bond acceptors (Lipinski definition) is 4. The van der Waals surface area contributed by atoms with Crippen LogP contribution in [0.1, 0.15) is 31.3 Å². The molecule has 1 aliphatic rings. The van der Waals surface area contributed by atoms with Crippen molar-refractivity contribution in [2.75, 3.05) is 20.1 Å². The van der Waals surface area contributed by atoms with Gasteiger partial charge in [-0.1, -0.05) is 0 Å². The third-order valence-electron chi connectivity index (χ3n) is 3.81. The van der Waals surface area contributed by atoms with Crippen molar-refractivity contribution < 1.29 is 0 Å². The normalized spacial score (nSPS) is 22.9. The minimum absolute atomic E-state index is 0.544. The van der Waals surface area contributed by atoms with Crippen molar-refractivity contribution in [1.82, 2.24) is 20.2 Å². The van der Waals surface area contributed by atoms with Crippen LogP contribution < -0.4 is 5.32 Å². The molecule has 1 aromatic rings. The van der Waals surface area contributed by atoms with Crippen LogP contribution >= 0.6 is 0 Å². The Kier molecular flexibility index (Phi) is 4.66. The van der Waals surface area contributed by atoms with E-state index in [1.165, 1.54) is 25.9 Å². The molecule has 0 aliphatic carbocycles. The number of hydrogen-bond donors (Lipinski definition) is 1. The van der Waals surface area contributed by atoms with Gasteiger partial charge in [-0.15, -0.1) is 0 Å². The molecule has 0 aromatic carbocycles. The quantitative estimate of drug-likeness (QED) is 0.879. The Labute approximate surface area is 110 Å². The lowest BCUT2D eigenvalue weighted by atomic mass is 9.92. The van der Waals surface area contributed by atoms with Gasteiger partial charge in [-0.2, -0.15) is 0 Å². The standard InChI is InChI=1S/C14H24N4/c1-11(13-5-4-8-18(3)10-13)16-9-14-6-7-15-12(2)17-14/h6-7,11,13,16H,4-5,8-10H2,1-3H3. The third-order valence-corrected chi connectivity index (χ3v) is 3.81. The monoisotopic (exact) mass is 248 g/mol. The Balaban J connectivity index is 1.82. The molecule has 2 rings (SSSR count). The molecule has 1 aliphatic heterocycles. The van der Waals surface area contributed by atoms with Gasteiger partial charge in [0, 0.05) is 25.3 Å². The number of nitrogens with zero attached hydrogens (tertiary/aromatic N) is 3. The highest BCUT2D eigenvalue weighted by Crippen LogP contribution is 2.18. The molecule has 1 fully saturated rings. The molecule has 2 atom stereocenters. The number of rotatable bonds is 4. The summed E-state index contributed by atoms with van der Waals surface area (Å²) in [7, 11) is 2.21. The molecule has 100 valence electrons. The third kappa shape index (κ3) is 3.75. The summed E-state index contributed by atoms with van der Waals surface area (Å²) in [6.07, 6.45) is 4.49. The molecule has 2 heterocycles. The SMILES string of the molecule is Cc1nccc(CNC(C)C2CCCN(C)C2)n1. The molecule has 4 heteroatoms. The summed E-state index contributed by atoms with van der Waals surface area (Å²) in [5.41, 5.74) is 1.08. The zero-order valence-corrected chi connectivity index (χ0v) is 11.7. The minimum atomic E-state index is 0.544. The molecule has 0 saturated carbocycles. The molecule has 18 heavy (non-hydrogen) atoms. The Hall–Kier alpha value is -1.00. The van der Waals surface area contributed by atoms with E-state index in [1.54, 1.807) is 0 Å². The molecular formula is C14H24N4. The summed E-state index contributed by atoms with van der Waals surface area (Å²) in [5, 5.41) is 3.60. The lowest BCUT2D eigenvalue weighted by molar-refractivity contribution is 0.178. The van der Waals surface area contributed by atoms with Crippen molar-refractivity contribution in [2.24, 2.45) is 5.92 Å². The van der Waals surface area contributed by atoms with Gasteiger partial charge in [0.1, 0.15) is 5.82 Å². The van der Waals surface area contributed by atoms with E-state index in [0.29, 0.717) is 6.04 Å². The second kappa shape index (κ2) is 6.25. The molecule has 0 spiro atoms. The van der Waals surface area contributed by atoms with Gasteiger partial charge >= 0.3 is 0 Å². The van der Waals surface area contributed by atoms with Crippen LogP contribution in [0.3, 0.4) is 0 Å². The van der Waals surface area contributed by atoms with Crippen LogP contribution in [0.2, 0.25) is 0 Å². The van der Waals surface area contributed by atoms with Crippen molar-refractivity contribution in [3.8, 4) is 0 Å².